The van der Waals surface area contributed by atoms with E-state index in [1.807, 2.05) is 6.07 Å². The fourth-order valence-electron chi connectivity index (χ4n) is 3.25. The molecule has 1 heterocycles. The summed E-state index contributed by atoms with van der Waals surface area (Å²) in [6.07, 6.45) is 0. The molecule has 0 aliphatic heterocycles. The molecule has 0 unspecified atom stereocenters. The van der Waals surface area contributed by atoms with E-state index in [1.165, 1.54) is 22.8 Å². The summed E-state index contributed by atoms with van der Waals surface area (Å²) >= 11 is 5.92. The van der Waals surface area contributed by atoms with Gasteiger partial charge in [-0.3, -0.25) is 18.7 Å². The monoisotopic (exact) mass is 478 g/mol. The molecule has 2 aromatic carbocycles. The minimum atomic E-state index is -3.03. The van der Waals surface area contributed by atoms with Crippen molar-refractivity contribution in [3.05, 3.63) is 85.5 Å². The van der Waals surface area contributed by atoms with E-state index in [2.05, 4.69) is 10.1 Å². The largest absolute Gasteiger partial charge is 0.433 e. The lowest BCUT2D eigenvalue weighted by atomic mass is 10.1. The summed E-state index contributed by atoms with van der Waals surface area (Å²) < 4.78 is 31.1. The molecular weight excluding hydrogens is 458 g/mol. The number of nitrogens with zero attached hydrogens (tertiary/aromatic N) is 2. The zero-order valence-corrected chi connectivity index (χ0v) is 18.3. The van der Waals surface area contributed by atoms with E-state index >= 15 is 0 Å². The number of benzene rings is 2. The van der Waals surface area contributed by atoms with Crippen molar-refractivity contribution in [3.8, 4) is 5.75 Å². The first-order chi connectivity index (χ1) is 15.7. The molecule has 174 valence electrons. The van der Waals surface area contributed by atoms with Crippen LogP contribution >= 0.6 is 11.6 Å². The van der Waals surface area contributed by atoms with Crippen LogP contribution in [0.3, 0.4) is 0 Å². The summed E-state index contributed by atoms with van der Waals surface area (Å²) in [5.74, 6) is -1.10. The third-order valence-electron chi connectivity index (χ3n) is 4.85. The average Bonchev–Trinajstić information content (AvgIpc) is 2.78. The second-order valence-corrected chi connectivity index (χ2v) is 7.37. The van der Waals surface area contributed by atoms with Crippen LogP contribution in [0.1, 0.15) is 22.8 Å². The third-order valence-corrected chi connectivity index (χ3v) is 5.14. The zero-order chi connectivity index (χ0) is 24.1. The lowest BCUT2D eigenvalue weighted by molar-refractivity contribution is -0.0497. The van der Waals surface area contributed by atoms with Crippen molar-refractivity contribution in [2.45, 2.75) is 26.6 Å². The number of halogens is 3. The van der Waals surface area contributed by atoms with Gasteiger partial charge >= 0.3 is 12.3 Å². The molecule has 33 heavy (non-hydrogen) atoms. The van der Waals surface area contributed by atoms with E-state index in [1.54, 1.807) is 31.2 Å². The molecule has 3 N–H and O–H groups in total. The van der Waals surface area contributed by atoms with Crippen LogP contribution in [-0.2, 0) is 13.1 Å². The van der Waals surface area contributed by atoms with E-state index in [0.29, 0.717) is 5.69 Å². The number of hydrogen-bond acceptors (Lipinski definition) is 6. The number of alkyl halides is 2. The molecule has 3 aromatic rings. The van der Waals surface area contributed by atoms with Crippen molar-refractivity contribution in [2.75, 3.05) is 17.6 Å². The van der Waals surface area contributed by atoms with Crippen molar-refractivity contribution >= 4 is 28.9 Å². The molecule has 0 saturated heterocycles. The molecule has 11 heteroatoms. The molecule has 0 aliphatic carbocycles. The number of anilines is 2. The van der Waals surface area contributed by atoms with E-state index in [4.69, 9.17) is 17.3 Å². The van der Waals surface area contributed by atoms with Crippen molar-refractivity contribution in [1.82, 2.24) is 9.13 Å². The van der Waals surface area contributed by atoms with Gasteiger partial charge in [0.1, 0.15) is 17.1 Å². The lowest BCUT2D eigenvalue weighted by Gasteiger charge is -2.16. The Kier molecular flexibility index (Phi) is 7.49. The Labute approximate surface area is 192 Å². The maximum absolute atomic E-state index is 12.9. The predicted octanol–water partition coefficient (Wildman–Crippen LogP) is 3.21. The second-order valence-electron chi connectivity index (χ2n) is 6.96. The number of nitrogens with one attached hydrogen (secondary N) is 1. The van der Waals surface area contributed by atoms with Gasteiger partial charge in [0.05, 0.1) is 18.1 Å². The van der Waals surface area contributed by atoms with Crippen LogP contribution in [0.25, 0.3) is 0 Å². The quantitative estimate of drug-likeness (QED) is 0.457. The Morgan fingerprint density at radius 3 is 2.45 bits per heavy atom. The number of hydrogen-bond donors (Lipinski definition) is 2. The van der Waals surface area contributed by atoms with Gasteiger partial charge in [-0.2, -0.15) is 8.78 Å². The van der Waals surface area contributed by atoms with Gasteiger partial charge in [-0.25, -0.2) is 4.79 Å². The first kappa shape index (κ1) is 24.0. The summed E-state index contributed by atoms with van der Waals surface area (Å²) in [6, 6.07) is 12.9. The first-order valence-electron chi connectivity index (χ1n) is 9.91. The highest BCUT2D eigenvalue weighted by atomic mass is 35.5. The van der Waals surface area contributed by atoms with E-state index < -0.39 is 23.6 Å². The number of aromatic nitrogens is 2. The molecular formula is C22H21ClF2N4O4. The lowest BCUT2D eigenvalue weighted by Crippen LogP contribution is -2.44. The summed E-state index contributed by atoms with van der Waals surface area (Å²) in [7, 11) is 0. The van der Waals surface area contributed by atoms with E-state index in [9.17, 15) is 23.2 Å². The van der Waals surface area contributed by atoms with Gasteiger partial charge in [0, 0.05) is 12.2 Å². The molecule has 0 saturated carbocycles. The highest BCUT2D eigenvalue weighted by Crippen LogP contribution is 2.28. The number of carbonyl (C=O) groups is 1. The van der Waals surface area contributed by atoms with Crippen molar-refractivity contribution in [2.24, 2.45) is 0 Å². The van der Waals surface area contributed by atoms with Gasteiger partial charge in [0.2, 0.25) is 0 Å². The van der Waals surface area contributed by atoms with Crippen LogP contribution in [0.2, 0.25) is 5.02 Å². The highest BCUT2D eigenvalue weighted by molar-refractivity contribution is 6.32. The molecule has 0 spiro atoms. The Morgan fingerprint density at radius 1 is 1.15 bits per heavy atom. The maximum Gasteiger partial charge on any atom is 0.387 e. The van der Waals surface area contributed by atoms with Crippen molar-refractivity contribution < 1.29 is 18.3 Å². The van der Waals surface area contributed by atoms with Gasteiger partial charge in [-0.1, -0.05) is 41.9 Å². The normalized spacial score (nSPS) is 10.9. The van der Waals surface area contributed by atoms with Crippen LogP contribution in [0, 0.1) is 0 Å². The number of nitrogens with two attached hydrogens (primary N) is 1. The standard InChI is InChI=1S/C22H21ClF2N4O4/c1-2-28-20(31)18(19(26)29(22(28)32)12-13-6-4-3-5-7-13)16(30)11-27-14-8-9-17(15(23)10-14)33-21(24)25/h3-10,21,27H,2,11-12,26H2,1H3. The Bertz CT molecular complexity index is 1280. The number of ketones is 1. The van der Waals surface area contributed by atoms with Crippen LogP contribution < -0.4 is 27.0 Å². The second kappa shape index (κ2) is 10.3. The molecule has 0 amide bonds. The number of ether oxygens (including phenoxy) is 1. The van der Waals surface area contributed by atoms with Gasteiger partial charge in [-0.05, 0) is 30.7 Å². The Morgan fingerprint density at radius 2 is 1.85 bits per heavy atom. The van der Waals surface area contributed by atoms with Gasteiger partial charge < -0.3 is 15.8 Å². The first-order valence-corrected chi connectivity index (χ1v) is 10.3. The maximum atomic E-state index is 12.9. The fraction of sp³-hybridized carbons (Fsp3) is 0.227. The van der Waals surface area contributed by atoms with Gasteiger partial charge in [0.15, 0.2) is 5.78 Å². The molecule has 0 fully saturated rings. The third kappa shape index (κ3) is 5.40. The van der Waals surface area contributed by atoms with E-state index in [-0.39, 0.29) is 41.8 Å². The van der Waals surface area contributed by atoms with Crippen LogP contribution in [-0.4, -0.2) is 28.1 Å². The number of rotatable bonds is 9. The molecule has 1 aromatic heterocycles. The topological polar surface area (TPSA) is 108 Å². The molecule has 0 radical (unpaired) electrons. The summed E-state index contributed by atoms with van der Waals surface area (Å²) in [4.78, 5) is 38.5. The Balaban J connectivity index is 1.89. The smallest absolute Gasteiger partial charge is 0.387 e. The summed E-state index contributed by atoms with van der Waals surface area (Å²) in [5, 5.41) is 2.69. The van der Waals surface area contributed by atoms with Gasteiger partial charge in [0.25, 0.3) is 5.56 Å². The van der Waals surface area contributed by atoms with Crippen LogP contribution in [0.15, 0.2) is 58.1 Å². The molecule has 0 aliphatic rings. The van der Waals surface area contributed by atoms with Crippen molar-refractivity contribution in [1.29, 1.82) is 0 Å². The minimum absolute atomic E-state index is 0.0572. The molecule has 3 rings (SSSR count). The number of Topliss-reactive ketones (excluding diaryl/α,β-unsaturated/α-hetero) is 1. The molecule has 0 atom stereocenters. The molecule has 0 bridgehead atoms. The average molecular weight is 479 g/mol. The van der Waals surface area contributed by atoms with Crippen LogP contribution in [0.5, 0.6) is 5.75 Å². The summed E-state index contributed by atoms with van der Waals surface area (Å²) in [5.41, 5.74) is 5.50. The van der Waals surface area contributed by atoms with Crippen LogP contribution in [0.4, 0.5) is 20.3 Å². The summed E-state index contributed by atoms with van der Waals surface area (Å²) in [6.45, 7) is -1.62. The minimum Gasteiger partial charge on any atom is -0.433 e. The highest BCUT2D eigenvalue weighted by Gasteiger charge is 2.22. The number of carbonyl (C=O) groups excluding carboxylic acids is 1. The predicted molar refractivity (Wildman–Crippen MR) is 121 cm³/mol. The zero-order valence-electron chi connectivity index (χ0n) is 17.6. The SMILES string of the molecule is CCn1c(=O)c(C(=O)CNc2ccc(OC(F)F)c(Cl)c2)c(N)n(Cc2ccccc2)c1=O. The number of nitrogen functional groups attached to an aromatic ring is 1. The Hall–Kier alpha value is -3.66. The van der Waals surface area contributed by atoms with E-state index in [0.717, 1.165) is 10.1 Å². The fourth-order valence-corrected chi connectivity index (χ4v) is 3.47. The molecule has 8 nitrogen and oxygen atoms in total. The van der Waals surface area contributed by atoms with Crippen molar-refractivity contribution in [3.63, 3.8) is 0 Å². The van der Waals surface area contributed by atoms with Gasteiger partial charge in [-0.15, -0.1) is 0 Å².